The van der Waals surface area contributed by atoms with Gasteiger partial charge in [-0.1, -0.05) is 39.0 Å². The Balaban J connectivity index is 3.00. The third kappa shape index (κ3) is 1.94. The molecule has 0 radical (unpaired) electrons. The van der Waals surface area contributed by atoms with E-state index in [2.05, 4.69) is 11.9 Å². The summed E-state index contributed by atoms with van der Waals surface area (Å²) in [5.41, 5.74) is -0.788. The number of nitrogens with one attached hydrogen (secondary N) is 1. The number of urea groups is 1. The highest BCUT2D eigenvalue weighted by molar-refractivity contribution is 6.30. The second-order valence-electron chi connectivity index (χ2n) is 4.32. The van der Waals surface area contributed by atoms with Crippen LogP contribution < -0.4 is 5.32 Å². The molecule has 0 aromatic carbocycles. The van der Waals surface area contributed by atoms with Crippen molar-refractivity contribution in [2.75, 3.05) is 6.54 Å². The number of halogens is 1. The Kier molecular flexibility index (Phi) is 3.63. The molecule has 16 heavy (non-hydrogen) atoms. The predicted octanol–water partition coefficient (Wildman–Crippen LogP) is 2.10. The quantitative estimate of drug-likeness (QED) is 0.770. The molecule has 1 fully saturated rings. The van der Waals surface area contributed by atoms with E-state index in [0.717, 1.165) is 4.90 Å². The minimum absolute atomic E-state index is 0.0440. The molecule has 1 saturated heterocycles. The molecule has 1 atom stereocenters. The topological polar surface area (TPSA) is 49.4 Å². The summed E-state index contributed by atoms with van der Waals surface area (Å²) in [6, 6.07) is -0.387. The summed E-state index contributed by atoms with van der Waals surface area (Å²) >= 11 is 5.64. The minimum atomic E-state index is -0.788. The van der Waals surface area contributed by atoms with Crippen molar-refractivity contribution in [1.29, 1.82) is 0 Å². The zero-order chi connectivity index (χ0) is 12.5. The van der Waals surface area contributed by atoms with Crippen LogP contribution in [0.4, 0.5) is 4.79 Å². The fourth-order valence-corrected chi connectivity index (χ4v) is 2.12. The Labute approximate surface area is 101 Å². The van der Waals surface area contributed by atoms with Gasteiger partial charge in [0.05, 0.1) is 6.54 Å². The number of hydrogen-bond donors (Lipinski definition) is 1. The third-order valence-corrected chi connectivity index (χ3v) is 3.19. The van der Waals surface area contributed by atoms with E-state index >= 15 is 0 Å². The number of rotatable bonds is 4. The Morgan fingerprint density at radius 2 is 2.12 bits per heavy atom. The molecule has 1 N–H and O–H groups in total. The van der Waals surface area contributed by atoms with Gasteiger partial charge in [-0.3, -0.25) is 9.69 Å². The van der Waals surface area contributed by atoms with Crippen LogP contribution in [-0.4, -0.2) is 28.9 Å². The standard InChI is InChI=1S/C11H17ClN2O2/c1-5-11(7(2)3)9(15)14(6-8(4)12)10(16)13-11/h7H,4-6H2,1-3H3,(H,13,16)/t11-/m0/s1. The summed E-state index contributed by atoms with van der Waals surface area (Å²) in [5.74, 6) is -0.167. The molecule has 90 valence electrons. The van der Waals surface area contributed by atoms with Crippen molar-refractivity contribution in [2.45, 2.75) is 32.7 Å². The number of carbonyl (C=O) groups is 2. The van der Waals surface area contributed by atoms with Crippen LogP contribution in [0.2, 0.25) is 0 Å². The molecular weight excluding hydrogens is 228 g/mol. The van der Waals surface area contributed by atoms with Crippen molar-refractivity contribution in [3.63, 3.8) is 0 Å². The third-order valence-electron chi connectivity index (χ3n) is 3.07. The van der Waals surface area contributed by atoms with Gasteiger partial charge in [-0.25, -0.2) is 4.79 Å². The van der Waals surface area contributed by atoms with E-state index in [1.165, 1.54) is 0 Å². The first-order valence-corrected chi connectivity index (χ1v) is 5.70. The van der Waals surface area contributed by atoms with Crippen LogP contribution in [0.15, 0.2) is 11.6 Å². The molecule has 1 aliphatic heterocycles. The zero-order valence-corrected chi connectivity index (χ0v) is 10.6. The molecule has 0 unspecified atom stereocenters. The SMILES string of the molecule is C=C(Cl)CN1C(=O)N[C@@](CC)(C(C)C)C1=O. The van der Waals surface area contributed by atoms with Crippen molar-refractivity contribution < 1.29 is 9.59 Å². The van der Waals surface area contributed by atoms with E-state index in [1.54, 1.807) is 0 Å². The molecule has 1 aliphatic rings. The lowest BCUT2D eigenvalue weighted by Gasteiger charge is -2.29. The van der Waals surface area contributed by atoms with Crippen LogP contribution in [0.1, 0.15) is 27.2 Å². The van der Waals surface area contributed by atoms with Crippen molar-refractivity contribution in [3.8, 4) is 0 Å². The minimum Gasteiger partial charge on any atom is -0.323 e. The van der Waals surface area contributed by atoms with Gasteiger partial charge in [-0.15, -0.1) is 0 Å². The van der Waals surface area contributed by atoms with Gasteiger partial charge in [0, 0.05) is 5.03 Å². The van der Waals surface area contributed by atoms with Crippen LogP contribution in [0, 0.1) is 5.92 Å². The molecule has 0 aromatic rings. The van der Waals surface area contributed by atoms with Gasteiger partial charge in [0.25, 0.3) is 5.91 Å². The van der Waals surface area contributed by atoms with Crippen LogP contribution in [0.5, 0.6) is 0 Å². The van der Waals surface area contributed by atoms with E-state index in [-0.39, 0.29) is 29.4 Å². The van der Waals surface area contributed by atoms with Crippen molar-refractivity contribution in [1.82, 2.24) is 10.2 Å². The molecular formula is C11H17ClN2O2. The van der Waals surface area contributed by atoms with Crippen LogP contribution in [0.3, 0.4) is 0 Å². The Hall–Kier alpha value is -1.03. The fourth-order valence-electron chi connectivity index (χ4n) is 2.00. The average Bonchev–Trinajstić information content (AvgIpc) is 2.42. The molecule has 4 nitrogen and oxygen atoms in total. The first kappa shape index (κ1) is 13.0. The van der Waals surface area contributed by atoms with Crippen molar-refractivity contribution in [3.05, 3.63) is 11.6 Å². The number of imide groups is 1. The Morgan fingerprint density at radius 3 is 2.44 bits per heavy atom. The van der Waals surface area contributed by atoms with Gasteiger partial charge in [-0.05, 0) is 12.3 Å². The summed E-state index contributed by atoms with van der Waals surface area (Å²) in [5, 5.41) is 3.04. The molecule has 3 amide bonds. The summed E-state index contributed by atoms with van der Waals surface area (Å²) in [4.78, 5) is 25.0. The highest BCUT2D eigenvalue weighted by atomic mass is 35.5. The molecule has 0 saturated carbocycles. The maximum Gasteiger partial charge on any atom is 0.325 e. The monoisotopic (exact) mass is 244 g/mol. The lowest BCUT2D eigenvalue weighted by Crippen LogP contribution is -2.51. The van der Waals surface area contributed by atoms with Crippen LogP contribution in [0.25, 0.3) is 0 Å². The highest BCUT2D eigenvalue weighted by Gasteiger charge is 2.51. The Morgan fingerprint density at radius 1 is 1.56 bits per heavy atom. The molecule has 0 aliphatic carbocycles. The lowest BCUT2D eigenvalue weighted by atomic mass is 9.84. The maximum atomic E-state index is 12.2. The van der Waals surface area contributed by atoms with Gasteiger partial charge < -0.3 is 5.32 Å². The summed E-state index contributed by atoms with van der Waals surface area (Å²) in [7, 11) is 0. The summed E-state index contributed by atoms with van der Waals surface area (Å²) in [6.45, 7) is 9.29. The number of carbonyl (C=O) groups excluding carboxylic acids is 2. The second kappa shape index (κ2) is 4.45. The van der Waals surface area contributed by atoms with Gasteiger partial charge in [0.15, 0.2) is 0 Å². The predicted molar refractivity (Wildman–Crippen MR) is 63.1 cm³/mol. The first-order chi connectivity index (χ1) is 7.35. The van der Waals surface area contributed by atoms with Crippen molar-refractivity contribution >= 4 is 23.5 Å². The maximum absolute atomic E-state index is 12.2. The van der Waals surface area contributed by atoms with E-state index < -0.39 is 5.54 Å². The van der Waals surface area contributed by atoms with Gasteiger partial charge in [-0.2, -0.15) is 0 Å². The lowest BCUT2D eigenvalue weighted by molar-refractivity contribution is -0.132. The fraction of sp³-hybridized carbons (Fsp3) is 0.636. The van der Waals surface area contributed by atoms with Gasteiger partial charge >= 0.3 is 6.03 Å². The molecule has 0 bridgehead atoms. The number of nitrogens with zero attached hydrogens (tertiary/aromatic N) is 1. The second-order valence-corrected chi connectivity index (χ2v) is 4.85. The smallest absolute Gasteiger partial charge is 0.323 e. The largest absolute Gasteiger partial charge is 0.325 e. The molecule has 1 heterocycles. The van der Waals surface area contributed by atoms with Gasteiger partial charge in [0.1, 0.15) is 5.54 Å². The highest BCUT2D eigenvalue weighted by Crippen LogP contribution is 2.29. The number of hydrogen-bond acceptors (Lipinski definition) is 2. The van der Waals surface area contributed by atoms with Gasteiger partial charge in [0.2, 0.25) is 0 Å². The molecule has 0 spiro atoms. The van der Waals surface area contributed by atoms with E-state index in [4.69, 9.17) is 11.6 Å². The van der Waals surface area contributed by atoms with E-state index in [9.17, 15) is 9.59 Å². The molecule has 5 heteroatoms. The first-order valence-electron chi connectivity index (χ1n) is 5.32. The van der Waals surface area contributed by atoms with E-state index in [0.29, 0.717) is 6.42 Å². The normalized spacial score (nSPS) is 25.2. The van der Waals surface area contributed by atoms with Crippen LogP contribution in [-0.2, 0) is 4.79 Å². The van der Waals surface area contributed by atoms with E-state index in [1.807, 2.05) is 20.8 Å². The van der Waals surface area contributed by atoms with Crippen LogP contribution >= 0.6 is 11.6 Å². The molecule has 0 aromatic heterocycles. The molecule has 1 rings (SSSR count). The average molecular weight is 245 g/mol. The van der Waals surface area contributed by atoms with Crippen molar-refractivity contribution in [2.24, 2.45) is 5.92 Å². The summed E-state index contributed by atoms with van der Waals surface area (Å²) in [6.07, 6.45) is 0.570. The zero-order valence-electron chi connectivity index (χ0n) is 9.84. The summed E-state index contributed by atoms with van der Waals surface area (Å²) < 4.78 is 0. The Bertz CT molecular complexity index is 341. The number of amides is 3.